The third-order valence-electron chi connectivity index (χ3n) is 4.14. The standard InChI is InChI=1S/C20H28N2/c1-16(14-21-17(2)19-10-6-4-7-11-19)15-22-18(3)20-12-8-5-9-13-20/h4-13,16-18,21-22H,14-15H2,1-3H3/t17-,18-/m1/s1. The molecule has 2 heteroatoms. The van der Waals surface area contributed by atoms with Crippen LogP contribution in [0.1, 0.15) is 44.0 Å². The minimum Gasteiger partial charge on any atom is -0.310 e. The van der Waals surface area contributed by atoms with E-state index in [1.54, 1.807) is 0 Å². The van der Waals surface area contributed by atoms with Gasteiger partial charge in [-0.25, -0.2) is 0 Å². The lowest BCUT2D eigenvalue weighted by Gasteiger charge is -2.21. The van der Waals surface area contributed by atoms with Gasteiger partial charge in [-0.2, -0.15) is 0 Å². The summed E-state index contributed by atoms with van der Waals surface area (Å²) in [6.45, 7) is 8.77. The fourth-order valence-electron chi connectivity index (χ4n) is 2.55. The van der Waals surface area contributed by atoms with Gasteiger partial charge in [-0.1, -0.05) is 67.6 Å². The van der Waals surface area contributed by atoms with Crippen LogP contribution < -0.4 is 10.6 Å². The molecule has 22 heavy (non-hydrogen) atoms. The molecule has 2 aromatic rings. The first-order chi connectivity index (χ1) is 10.7. The highest BCUT2D eigenvalue weighted by molar-refractivity contribution is 5.18. The topological polar surface area (TPSA) is 24.1 Å². The van der Waals surface area contributed by atoms with Gasteiger partial charge in [-0.3, -0.25) is 0 Å². The van der Waals surface area contributed by atoms with Crippen molar-refractivity contribution in [2.75, 3.05) is 13.1 Å². The van der Waals surface area contributed by atoms with Crippen molar-refractivity contribution in [2.24, 2.45) is 5.92 Å². The first kappa shape index (κ1) is 16.7. The fraction of sp³-hybridized carbons (Fsp3) is 0.400. The minimum absolute atomic E-state index is 0.398. The molecule has 2 rings (SSSR count). The SMILES string of the molecule is CC(CN[C@H](C)c1ccccc1)CN[C@H](C)c1ccccc1. The molecule has 2 nitrogen and oxygen atoms in total. The van der Waals surface area contributed by atoms with Gasteiger partial charge in [0, 0.05) is 12.1 Å². The zero-order chi connectivity index (χ0) is 15.8. The Morgan fingerprint density at radius 1 is 0.636 bits per heavy atom. The van der Waals surface area contributed by atoms with E-state index in [0.29, 0.717) is 18.0 Å². The smallest absolute Gasteiger partial charge is 0.0291 e. The first-order valence-corrected chi connectivity index (χ1v) is 8.23. The third kappa shape index (κ3) is 5.28. The van der Waals surface area contributed by atoms with E-state index in [0.717, 1.165) is 13.1 Å². The maximum Gasteiger partial charge on any atom is 0.0291 e. The Bertz CT molecular complexity index is 474. The van der Waals surface area contributed by atoms with Crippen LogP contribution in [0.25, 0.3) is 0 Å². The van der Waals surface area contributed by atoms with Gasteiger partial charge < -0.3 is 10.6 Å². The molecule has 0 saturated heterocycles. The summed E-state index contributed by atoms with van der Waals surface area (Å²) in [5.41, 5.74) is 2.70. The predicted molar refractivity (Wildman–Crippen MR) is 94.9 cm³/mol. The van der Waals surface area contributed by atoms with Crippen LogP contribution in [0.3, 0.4) is 0 Å². The molecule has 0 aliphatic carbocycles. The molecule has 0 saturated carbocycles. The van der Waals surface area contributed by atoms with Crippen molar-refractivity contribution in [3.05, 3.63) is 71.8 Å². The average Bonchev–Trinajstić information content (AvgIpc) is 2.59. The Labute approximate surface area is 135 Å². The summed E-state index contributed by atoms with van der Waals surface area (Å²) in [5.74, 6) is 0.595. The van der Waals surface area contributed by atoms with Crippen LogP contribution in [0.4, 0.5) is 0 Å². The van der Waals surface area contributed by atoms with Gasteiger partial charge in [0.05, 0.1) is 0 Å². The number of hydrogen-bond donors (Lipinski definition) is 2. The average molecular weight is 296 g/mol. The van der Waals surface area contributed by atoms with Crippen molar-refractivity contribution < 1.29 is 0 Å². The van der Waals surface area contributed by atoms with Crippen molar-refractivity contribution in [2.45, 2.75) is 32.9 Å². The Balaban J connectivity index is 1.71. The van der Waals surface area contributed by atoms with Gasteiger partial charge in [0.2, 0.25) is 0 Å². The highest BCUT2D eigenvalue weighted by Gasteiger charge is 2.09. The van der Waals surface area contributed by atoms with Crippen molar-refractivity contribution in [1.29, 1.82) is 0 Å². The lowest BCUT2D eigenvalue weighted by molar-refractivity contribution is 0.423. The minimum atomic E-state index is 0.398. The van der Waals surface area contributed by atoms with Crippen molar-refractivity contribution in [1.82, 2.24) is 10.6 Å². The van der Waals surface area contributed by atoms with Crippen LogP contribution in [0, 0.1) is 5.92 Å². The van der Waals surface area contributed by atoms with E-state index in [9.17, 15) is 0 Å². The van der Waals surface area contributed by atoms with Crippen molar-refractivity contribution >= 4 is 0 Å². The second-order valence-electron chi connectivity index (χ2n) is 6.19. The van der Waals surface area contributed by atoms with Crippen LogP contribution in [0.2, 0.25) is 0 Å². The van der Waals surface area contributed by atoms with Crippen molar-refractivity contribution in [3.63, 3.8) is 0 Å². The van der Waals surface area contributed by atoms with Gasteiger partial charge in [0.1, 0.15) is 0 Å². The number of hydrogen-bond acceptors (Lipinski definition) is 2. The number of nitrogens with one attached hydrogen (secondary N) is 2. The van der Waals surface area contributed by atoms with Crippen LogP contribution in [-0.4, -0.2) is 13.1 Å². The van der Waals surface area contributed by atoms with E-state index < -0.39 is 0 Å². The maximum absolute atomic E-state index is 3.62. The van der Waals surface area contributed by atoms with Gasteiger partial charge in [-0.15, -0.1) is 0 Å². The maximum atomic E-state index is 3.62. The summed E-state index contributed by atoms with van der Waals surface area (Å²) < 4.78 is 0. The molecule has 0 amide bonds. The number of rotatable bonds is 8. The first-order valence-electron chi connectivity index (χ1n) is 8.23. The van der Waals surface area contributed by atoms with E-state index in [-0.39, 0.29) is 0 Å². The molecule has 0 aromatic heterocycles. The second-order valence-corrected chi connectivity index (χ2v) is 6.19. The molecular formula is C20H28N2. The molecule has 0 aliphatic rings. The van der Waals surface area contributed by atoms with E-state index in [2.05, 4.69) is 92.1 Å². The van der Waals surface area contributed by atoms with E-state index in [1.165, 1.54) is 11.1 Å². The lowest BCUT2D eigenvalue weighted by atomic mass is 10.1. The van der Waals surface area contributed by atoms with Crippen LogP contribution >= 0.6 is 0 Å². The third-order valence-corrected chi connectivity index (χ3v) is 4.14. The molecule has 0 unspecified atom stereocenters. The molecule has 0 spiro atoms. The molecule has 0 heterocycles. The van der Waals surface area contributed by atoms with Crippen LogP contribution in [0.15, 0.2) is 60.7 Å². The largest absolute Gasteiger partial charge is 0.310 e. The van der Waals surface area contributed by atoms with E-state index in [4.69, 9.17) is 0 Å². The van der Waals surface area contributed by atoms with E-state index in [1.807, 2.05) is 0 Å². The molecule has 2 atom stereocenters. The Kier molecular flexibility index (Phi) is 6.63. The summed E-state index contributed by atoms with van der Waals surface area (Å²) in [5, 5.41) is 7.24. The Morgan fingerprint density at radius 2 is 1.00 bits per heavy atom. The highest BCUT2D eigenvalue weighted by Crippen LogP contribution is 2.13. The number of benzene rings is 2. The Morgan fingerprint density at radius 3 is 1.36 bits per heavy atom. The van der Waals surface area contributed by atoms with Gasteiger partial charge in [0.15, 0.2) is 0 Å². The zero-order valence-electron chi connectivity index (χ0n) is 13.9. The highest BCUT2D eigenvalue weighted by atomic mass is 14.9. The van der Waals surface area contributed by atoms with Crippen LogP contribution in [-0.2, 0) is 0 Å². The van der Waals surface area contributed by atoms with Gasteiger partial charge in [0.25, 0.3) is 0 Å². The molecular weight excluding hydrogens is 268 g/mol. The lowest BCUT2D eigenvalue weighted by Crippen LogP contribution is -2.32. The predicted octanol–water partition coefficient (Wildman–Crippen LogP) is 4.32. The van der Waals surface area contributed by atoms with E-state index >= 15 is 0 Å². The molecule has 0 radical (unpaired) electrons. The fourth-order valence-corrected chi connectivity index (χ4v) is 2.55. The Hall–Kier alpha value is -1.64. The summed E-state index contributed by atoms with van der Waals surface area (Å²) in [6.07, 6.45) is 0. The molecule has 0 bridgehead atoms. The van der Waals surface area contributed by atoms with Gasteiger partial charge in [-0.05, 0) is 44.0 Å². The zero-order valence-corrected chi connectivity index (χ0v) is 13.9. The summed E-state index contributed by atoms with van der Waals surface area (Å²) in [4.78, 5) is 0. The van der Waals surface area contributed by atoms with Crippen LogP contribution in [0.5, 0.6) is 0 Å². The normalized spacial score (nSPS) is 14.0. The summed E-state index contributed by atoms with van der Waals surface area (Å²) in [7, 11) is 0. The van der Waals surface area contributed by atoms with Gasteiger partial charge >= 0.3 is 0 Å². The molecule has 0 aliphatic heterocycles. The summed E-state index contributed by atoms with van der Waals surface area (Å²) in [6, 6.07) is 22.0. The molecule has 0 fully saturated rings. The second kappa shape index (κ2) is 8.72. The monoisotopic (exact) mass is 296 g/mol. The van der Waals surface area contributed by atoms with Crippen molar-refractivity contribution in [3.8, 4) is 0 Å². The quantitative estimate of drug-likeness (QED) is 0.758. The molecule has 118 valence electrons. The summed E-state index contributed by atoms with van der Waals surface area (Å²) >= 11 is 0. The molecule has 2 N–H and O–H groups in total. The molecule has 2 aromatic carbocycles.